The maximum atomic E-state index is 12.3. The number of hydrogen-bond acceptors (Lipinski definition) is 4. The Bertz CT molecular complexity index is 635. The smallest absolute Gasteiger partial charge is 0.226 e. The van der Waals surface area contributed by atoms with E-state index >= 15 is 0 Å². The van der Waals surface area contributed by atoms with Crippen molar-refractivity contribution in [2.75, 3.05) is 5.32 Å². The standard InChI is InChI=1S/C19H26N2O4/c1-12(2)19(25)16(21-17(23)10-7-14(4)22)11-18(24)20-15-8-5-13(3)6-9-15/h5-6,8-9,12,16H,7,10-11H2,1-4H3,(H,20,24)(H,21,23). The van der Waals surface area contributed by atoms with Crippen molar-refractivity contribution in [2.24, 2.45) is 5.92 Å². The molecule has 0 bridgehead atoms. The Balaban J connectivity index is 2.70. The predicted molar refractivity (Wildman–Crippen MR) is 96.1 cm³/mol. The quantitative estimate of drug-likeness (QED) is 0.718. The monoisotopic (exact) mass is 346 g/mol. The Morgan fingerprint density at radius 2 is 1.56 bits per heavy atom. The lowest BCUT2D eigenvalue weighted by Crippen LogP contribution is -2.44. The van der Waals surface area contributed by atoms with Crippen LogP contribution in [0.3, 0.4) is 0 Å². The summed E-state index contributed by atoms with van der Waals surface area (Å²) in [4.78, 5) is 47.4. The van der Waals surface area contributed by atoms with E-state index in [1.54, 1.807) is 26.0 Å². The number of amides is 2. The molecular formula is C19H26N2O4. The van der Waals surface area contributed by atoms with E-state index in [9.17, 15) is 19.2 Å². The number of aryl methyl sites for hydroxylation is 1. The number of nitrogens with one attached hydrogen (secondary N) is 2. The van der Waals surface area contributed by atoms with E-state index in [4.69, 9.17) is 0 Å². The summed E-state index contributed by atoms with van der Waals surface area (Å²) in [7, 11) is 0. The fourth-order valence-electron chi connectivity index (χ4n) is 2.22. The van der Waals surface area contributed by atoms with E-state index in [0.717, 1.165) is 5.56 Å². The van der Waals surface area contributed by atoms with Gasteiger partial charge in [-0.2, -0.15) is 0 Å². The molecule has 6 heteroatoms. The third kappa shape index (κ3) is 7.74. The third-order valence-corrected chi connectivity index (χ3v) is 3.68. The minimum Gasteiger partial charge on any atom is -0.346 e. The van der Waals surface area contributed by atoms with Crippen molar-refractivity contribution in [2.45, 2.75) is 53.0 Å². The van der Waals surface area contributed by atoms with Crippen LogP contribution in [0.5, 0.6) is 0 Å². The highest BCUT2D eigenvalue weighted by Crippen LogP contribution is 2.11. The van der Waals surface area contributed by atoms with E-state index in [0.29, 0.717) is 5.69 Å². The molecule has 0 spiro atoms. The lowest BCUT2D eigenvalue weighted by Gasteiger charge is -2.19. The first kappa shape index (κ1) is 20.5. The molecule has 136 valence electrons. The van der Waals surface area contributed by atoms with Gasteiger partial charge in [0, 0.05) is 24.4 Å². The largest absolute Gasteiger partial charge is 0.346 e. The molecule has 1 rings (SSSR count). The minimum atomic E-state index is -0.898. The number of Topliss-reactive ketones (excluding diaryl/α,β-unsaturated/α-hetero) is 2. The third-order valence-electron chi connectivity index (χ3n) is 3.68. The van der Waals surface area contributed by atoms with E-state index in [2.05, 4.69) is 10.6 Å². The molecule has 0 aliphatic rings. The van der Waals surface area contributed by atoms with Gasteiger partial charge in [-0.05, 0) is 26.0 Å². The molecule has 25 heavy (non-hydrogen) atoms. The van der Waals surface area contributed by atoms with Crippen molar-refractivity contribution in [1.82, 2.24) is 5.32 Å². The van der Waals surface area contributed by atoms with E-state index < -0.39 is 11.9 Å². The first-order valence-corrected chi connectivity index (χ1v) is 8.38. The van der Waals surface area contributed by atoms with Crippen molar-refractivity contribution >= 4 is 29.1 Å². The zero-order valence-electron chi connectivity index (χ0n) is 15.2. The topological polar surface area (TPSA) is 92.3 Å². The van der Waals surface area contributed by atoms with Crippen LogP contribution in [0.25, 0.3) is 0 Å². The lowest BCUT2D eigenvalue weighted by atomic mass is 9.98. The first-order chi connectivity index (χ1) is 11.7. The van der Waals surface area contributed by atoms with Gasteiger partial charge < -0.3 is 15.4 Å². The number of rotatable bonds is 9. The van der Waals surface area contributed by atoms with E-state index in [1.807, 2.05) is 19.1 Å². The zero-order valence-corrected chi connectivity index (χ0v) is 15.2. The predicted octanol–water partition coefficient (Wildman–Crippen LogP) is 2.40. The fourth-order valence-corrected chi connectivity index (χ4v) is 2.22. The van der Waals surface area contributed by atoms with Gasteiger partial charge in [0.25, 0.3) is 0 Å². The van der Waals surface area contributed by atoms with Gasteiger partial charge in [-0.15, -0.1) is 0 Å². The van der Waals surface area contributed by atoms with Crippen LogP contribution in [-0.4, -0.2) is 29.4 Å². The van der Waals surface area contributed by atoms with Gasteiger partial charge in [0.15, 0.2) is 5.78 Å². The van der Waals surface area contributed by atoms with Gasteiger partial charge in [0.05, 0.1) is 12.5 Å². The average Bonchev–Trinajstić information content (AvgIpc) is 2.53. The van der Waals surface area contributed by atoms with Crippen LogP contribution >= 0.6 is 0 Å². The number of carbonyl (C=O) groups is 4. The fraction of sp³-hybridized carbons (Fsp3) is 0.474. The summed E-state index contributed by atoms with van der Waals surface area (Å²) in [6, 6.07) is 6.40. The molecule has 0 heterocycles. The molecule has 1 atom stereocenters. The summed E-state index contributed by atoms with van der Waals surface area (Å²) in [5.41, 5.74) is 1.71. The highest BCUT2D eigenvalue weighted by Gasteiger charge is 2.25. The minimum absolute atomic E-state index is 0.0107. The second-order valence-electron chi connectivity index (χ2n) is 6.50. The molecule has 0 radical (unpaired) electrons. The second-order valence-corrected chi connectivity index (χ2v) is 6.50. The van der Waals surface area contributed by atoms with Crippen molar-refractivity contribution in [3.8, 4) is 0 Å². The molecule has 2 N–H and O–H groups in total. The van der Waals surface area contributed by atoms with Crippen molar-refractivity contribution in [1.29, 1.82) is 0 Å². The number of carbonyl (C=O) groups excluding carboxylic acids is 4. The molecule has 1 aromatic carbocycles. The van der Waals surface area contributed by atoms with Gasteiger partial charge in [0.2, 0.25) is 11.8 Å². The molecule has 0 aliphatic carbocycles. The summed E-state index contributed by atoms with van der Waals surface area (Å²) < 4.78 is 0. The number of hydrogen-bond donors (Lipinski definition) is 2. The van der Waals surface area contributed by atoms with Crippen molar-refractivity contribution in [3.63, 3.8) is 0 Å². The Kier molecular flexibility index (Phi) is 7.98. The van der Waals surface area contributed by atoms with Crippen LogP contribution in [0.2, 0.25) is 0 Å². The number of benzene rings is 1. The van der Waals surface area contributed by atoms with Crippen molar-refractivity contribution in [3.05, 3.63) is 29.8 Å². The molecule has 0 saturated heterocycles. The highest BCUT2D eigenvalue weighted by atomic mass is 16.2. The van der Waals surface area contributed by atoms with Crippen LogP contribution in [0.15, 0.2) is 24.3 Å². The molecular weight excluding hydrogens is 320 g/mol. The molecule has 0 saturated carbocycles. The van der Waals surface area contributed by atoms with Crippen LogP contribution in [0.4, 0.5) is 5.69 Å². The molecule has 2 amide bonds. The van der Waals surface area contributed by atoms with Crippen LogP contribution in [0, 0.1) is 12.8 Å². The molecule has 0 fully saturated rings. The highest BCUT2D eigenvalue weighted by molar-refractivity contribution is 5.98. The Morgan fingerprint density at radius 1 is 0.960 bits per heavy atom. The Morgan fingerprint density at radius 3 is 2.08 bits per heavy atom. The maximum Gasteiger partial charge on any atom is 0.226 e. The van der Waals surface area contributed by atoms with Gasteiger partial charge >= 0.3 is 0 Å². The first-order valence-electron chi connectivity index (χ1n) is 8.38. The Hall–Kier alpha value is -2.50. The summed E-state index contributed by atoms with van der Waals surface area (Å²) in [5.74, 6) is -1.38. The second kappa shape index (κ2) is 9.71. The molecule has 6 nitrogen and oxygen atoms in total. The molecule has 0 aromatic heterocycles. The maximum absolute atomic E-state index is 12.3. The average molecular weight is 346 g/mol. The molecule has 1 aromatic rings. The normalized spacial score (nSPS) is 11.7. The summed E-state index contributed by atoms with van der Waals surface area (Å²) in [5, 5.41) is 5.30. The van der Waals surface area contributed by atoms with Gasteiger partial charge in [0.1, 0.15) is 5.78 Å². The zero-order chi connectivity index (χ0) is 19.0. The number of ketones is 2. The molecule has 1 unspecified atom stereocenters. The molecule has 0 aliphatic heterocycles. The SMILES string of the molecule is CC(=O)CCC(=O)NC(CC(=O)Nc1ccc(C)cc1)C(=O)C(C)C. The van der Waals surface area contributed by atoms with Crippen LogP contribution in [-0.2, 0) is 19.2 Å². The summed E-state index contributed by atoms with van der Waals surface area (Å²) in [6.07, 6.45) is -0.0164. The summed E-state index contributed by atoms with van der Waals surface area (Å²) in [6.45, 7) is 6.78. The van der Waals surface area contributed by atoms with Crippen molar-refractivity contribution < 1.29 is 19.2 Å². The Labute approximate surface area is 148 Å². The lowest BCUT2D eigenvalue weighted by molar-refractivity contribution is -0.131. The van der Waals surface area contributed by atoms with Gasteiger partial charge in [-0.1, -0.05) is 31.5 Å². The summed E-state index contributed by atoms with van der Waals surface area (Å²) >= 11 is 0. The van der Waals surface area contributed by atoms with Gasteiger partial charge in [-0.25, -0.2) is 0 Å². The van der Waals surface area contributed by atoms with E-state index in [1.165, 1.54) is 6.92 Å². The number of anilines is 1. The van der Waals surface area contributed by atoms with Gasteiger partial charge in [-0.3, -0.25) is 14.4 Å². The van der Waals surface area contributed by atoms with E-state index in [-0.39, 0.29) is 42.7 Å². The van der Waals surface area contributed by atoms with Crippen LogP contribution in [0.1, 0.15) is 45.6 Å². The van der Waals surface area contributed by atoms with Crippen LogP contribution < -0.4 is 10.6 Å².